The van der Waals surface area contributed by atoms with E-state index < -0.39 is 0 Å². The first kappa shape index (κ1) is 18.2. The molecule has 1 amide bonds. The lowest BCUT2D eigenvalue weighted by molar-refractivity contribution is 0.0938. The highest BCUT2D eigenvalue weighted by atomic mass is 19.1. The Labute approximate surface area is 163 Å². The minimum atomic E-state index is -0.304. The van der Waals surface area contributed by atoms with Gasteiger partial charge < -0.3 is 5.43 Å². The molecule has 0 fully saturated rings. The maximum absolute atomic E-state index is 13.3. The second-order valence-corrected chi connectivity index (χ2v) is 7.15. The largest absolute Gasteiger partial charge is 0.303 e. The van der Waals surface area contributed by atoms with Crippen molar-refractivity contribution in [1.29, 1.82) is 0 Å². The first-order valence-electron chi connectivity index (χ1n) is 9.54. The monoisotopic (exact) mass is 375 g/mol. The van der Waals surface area contributed by atoms with Gasteiger partial charge in [-0.1, -0.05) is 31.2 Å². The van der Waals surface area contributed by atoms with Gasteiger partial charge in [0.05, 0.1) is 16.8 Å². The summed E-state index contributed by atoms with van der Waals surface area (Å²) in [6, 6.07) is 15.4. The number of para-hydroxylation sites is 1. The second kappa shape index (κ2) is 7.80. The van der Waals surface area contributed by atoms with Gasteiger partial charge in [0.25, 0.3) is 5.91 Å². The number of pyridine rings is 1. The molecule has 0 aliphatic heterocycles. The third-order valence-electron chi connectivity index (χ3n) is 5.16. The second-order valence-electron chi connectivity index (χ2n) is 7.15. The molecule has 0 bridgehead atoms. The standard InChI is InChI=1S/C23H22FN3O/c1-15-6-2-4-8-20(15)26-27-23(28)19-14-22(16-10-12-17(24)13-11-16)25-21-9-5-3-7-18(19)21/h3,5,7-15,26H,2,4,6H2,1H3,(H,27,28)/t15-/m1/s1. The van der Waals surface area contributed by atoms with E-state index in [0.29, 0.717) is 17.2 Å². The molecule has 1 aliphatic rings. The van der Waals surface area contributed by atoms with Crippen LogP contribution in [0.25, 0.3) is 22.2 Å². The van der Waals surface area contributed by atoms with Crippen LogP contribution >= 0.6 is 0 Å². The Bertz CT molecular complexity index is 1040. The Morgan fingerprint density at radius 1 is 1.14 bits per heavy atom. The third kappa shape index (κ3) is 3.74. The molecule has 142 valence electrons. The molecule has 2 aromatic carbocycles. The summed E-state index contributed by atoms with van der Waals surface area (Å²) in [5, 5.41) is 0.776. The van der Waals surface area contributed by atoms with E-state index in [9.17, 15) is 9.18 Å². The number of hydrazine groups is 1. The number of benzene rings is 2. The van der Waals surface area contributed by atoms with Crippen molar-refractivity contribution in [3.05, 3.63) is 77.8 Å². The lowest BCUT2D eigenvalue weighted by Gasteiger charge is -2.22. The van der Waals surface area contributed by atoms with E-state index in [1.165, 1.54) is 18.6 Å². The first-order chi connectivity index (χ1) is 13.6. The van der Waals surface area contributed by atoms with E-state index in [1.54, 1.807) is 18.2 Å². The predicted molar refractivity (Wildman–Crippen MR) is 109 cm³/mol. The Morgan fingerprint density at radius 2 is 1.93 bits per heavy atom. The van der Waals surface area contributed by atoms with Crippen LogP contribution in [-0.2, 0) is 0 Å². The molecule has 1 heterocycles. The van der Waals surface area contributed by atoms with Gasteiger partial charge in [-0.05, 0) is 61.6 Å². The summed E-state index contributed by atoms with van der Waals surface area (Å²) in [6.07, 6.45) is 5.45. The van der Waals surface area contributed by atoms with Crippen LogP contribution in [0.3, 0.4) is 0 Å². The Morgan fingerprint density at radius 3 is 2.71 bits per heavy atom. The van der Waals surface area contributed by atoms with Crippen LogP contribution in [0, 0.1) is 11.7 Å². The summed E-state index contributed by atoms with van der Waals surface area (Å²) in [4.78, 5) is 17.6. The lowest BCUT2D eigenvalue weighted by Crippen LogP contribution is -2.39. The van der Waals surface area contributed by atoms with Crippen LogP contribution in [0.5, 0.6) is 0 Å². The van der Waals surface area contributed by atoms with Crippen LogP contribution in [0.15, 0.2) is 66.4 Å². The number of allylic oxidation sites excluding steroid dienone is 2. The number of hydrogen-bond donors (Lipinski definition) is 2. The number of amides is 1. The maximum atomic E-state index is 13.3. The summed E-state index contributed by atoms with van der Waals surface area (Å²) < 4.78 is 13.3. The predicted octanol–water partition coefficient (Wildman–Crippen LogP) is 4.98. The number of nitrogens with zero attached hydrogens (tertiary/aromatic N) is 1. The highest BCUT2D eigenvalue weighted by Crippen LogP contribution is 2.25. The molecule has 4 nitrogen and oxygen atoms in total. The van der Waals surface area contributed by atoms with E-state index in [4.69, 9.17) is 0 Å². The smallest absolute Gasteiger partial charge is 0.270 e. The summed E-state index contributed by atoms with van der Waals surface area (Å²) >= 11 is 0. The number of nitrogens with one attached hydrogen (secondary N) is 2. The van der Waals surface area contributed by atoms with Crippen molar-refractivity contribution < 1.29 is 9.18 Å². The first-order valence-corrected chi connectivity index (χ1v) is 9.54. The van der Waals surface area contributed by atoms with Crippen LogP contribution < -0.4 is 10.9 Å². The molecule has 2 N–H and O–H groups in total. The minimum Gasteiger partial charge on any atom is -0.303 e. The number of halogens is 1. The van der Waals surface area contributed by atoms with Gasteiger partial charge in [0.15, 0.2) is 0 Å². The van der Waals surface area contributed by atoms with Crippen molar-refractivity contribution in [2.45, 2.75) is 26.2 Å². The third-order valence-corrected chi connectivity index (χ3v) is 5.16. The average Bonchev–Trinajstić information content (AvgIpc) is 2.72. The van der Waals surface area contributed by atoms with Gasteiger partial charge in [0.1, 0.15) is 5.82 Å². The quantitative estimate of drug-likeness (QED) is 0.633. The highest BCUT2D eigenvalue weighted by molar-refractivity contribution is 6.07. The summed E-state index contributed by atoms with van der Waals surface area (Å²) in [5.74, 6) is -0.125. The zero-order valence-electron chi connectivity index (χ0n) is 15.7. The zero-order valence-corrected chi connectivity index (χ0v) is 15.7. The maximum Gasteiger partial charge on any atom is 0.270 e. The molecule has 0 spiro atoms. The molecule has 4 rings (SSSR count). The van der Waals surface area contributed by atoms with Gasteiger partial charge in [-0.2, -0.15) is 0 Å². The molecule has 0 unspecified atom stereocenters. The number of fused-ring (bicyclic) bond motifs is 1. The van der Waals surface area contributed by atoms with Crippen LogP contribution in [0.2, 0.25) is 0 Å². The van der Waals surface area contributed by atoms with E-state index in [2.05, 4.69) is 28.8 Å². The fourth-order valence-electron chi connectivity index (χ4n) is 3.54. The molecule has 5 heteroatoms. The summed E-state index contributed by atoms with van der Waals surface area (Å²) in [7, 11) is 0. The molecule has 1 aliphatic carbocycles. The van der Waals surface area contributed by atoms with Crippen LogP contribution in [-0.4, -0.2) is 10.9 Å². The molecule has 0 saturated heterocycles. The number of hydrogen-bond acceptors (Lipinski definition) is 3. The minimum absolute atomic E-state index is 0.222. The Kier molecular flexibility index (Phi) is 5.06. The van der Waals surface area contributed by atoms with E-state index in [1.807, 2.05) is 24.3 Å². The number of rotatable bonds is 4. The molecule has 3 aromatic rings. The van der Waals surface area contributed by atoms with Crippen LogP contribution in [0.1, 0.15) is 36.5 Å². The molecular weight excluding hydrogens is 353 g/mol. The van der Waals surface area contributed by atoms with Crippen molar-refractivity contribution >= 4 is 16.8 Å². The van der Waals surface area contributed by atoms with Crippen molar-refractivity contribution in [1.82, 2.24) is 15.8 Å². The van der Waals surface area contributed by atoms with E-state index in [0.717, 1.165) is 35.0 Å². The molecular formula is C23H22FN3O. The molecule has 1 aromatic heterocycles. The average molecular weight is 375 g/mol. The summed E-state index contributed by atoms with van der Waals surface area (Å²) in [5.41, 5.74) is 9.63. The lowest BCUT2D eigenvalue weighted by atomic mass is 9.94. The van der Waals surface area contributed by atoms with E-state index in [-0.39, 0.29) is 11.7 Å². The topological polar surface area (TPSA) is 54.0 Å². The van der Waals surface area contributed by atoms with E-state index >= 15 is 0 Å². The molecule has 28 heavy (non-hydrogen) atoms. The Balaban J connectivity index is 1.67. The van der Waals surface area contributed by atoms with Gasteiger partial charge in [-0.25, -0.2) is 9.37 Å². The van der Waals surface area contributed by atoms with Crippen molar-refractivity contribution in [3.8, 4) is 11.3 Å². The van der Waals surface area contributed by atoms with Crippen molar-refractivity contribution in [3.63, 3.8) is 0 Å². The zero-order chi connectivity index (χ0) is 19.5. The molecule has 0 saturated carbocycles. The van der Waals surface area contributed by atoms with Crippen molar-refractivity contribution in [2.24, 2.45) is 5.92 Å². The van der Waals surface area contributed by atoms with Crippen molar-refractivity contribution in [2.75, 3.05) is 0 Å². The normalized spacial score (nSPS) is 16.5. The fourth-order valence-corrected chi connectivity index (χ4v) is 3.54. The highest BCUT2D eigenvalue weighted by Gasteiger charge is 2.16. The Hall–Kier alpha value is -3.21. The van der Waals surface area contributed by atoms with Gasteiger partial charge in [0, 0.05) is 16.6 Å². The number of carbonyl (C=O) groups excluding carboxylic acids is 1. The van der Waals surface area contributed by atoms with Gasteiger partial charge >= 0.3 is 0 Å². The number of aromatic nitrogens is 1. The van der Waals surface area contributed by atoms with Gasteiger partial charge in [0.2, 0.25) is 0 Å². The summed E-state index contributed by atoms with van der Waals surface area (Å²) in [6.45, 7) is 2.15. The van der Waals surface area contributed by atoms with Gasteiger partial charge in [-0.15, -0.1) is 0 Å². The molecule has 1 atom stereocenters. The molecule has 0 radical (unpaired) electrons. The van der Waals surface area contributed by atoms with Crippen LogP contribution in [0.4, 0.5) is 4.39 Å². The fraction of sp³-hybridized carbons (Fsp3) is 0.217. The SMILES string of the molecule is C[C@@H]1CCCC=C1NNC(=O)c1cc(-c2ccc(F)cc2)nc2ccccc12. The van der Waals surface area contributed by atoms with Gasteiger partial charge in [-0.3, -0.25) is 10.2 Å². The number of carbonyl (C=O) groups is 1.